The predicted molar refractivity (Wildman–Crippen MR) is 36.5 cm³/mol. The van der Waals surface area contributed by atoms with Crippen molar-refractivity contribution in [1.29, 1.82) is 5.26 Å². The van der Waals surface area contributed by atoms with Gasteiger partial charge in [0, 0.05) is 6.07 Å². The first kappa shape index (κ1) is 6.56. The molecule has 1 aromatic rings. The second kappa shape index (κ2) is 2.36. The summed E-state index contributed by atoms with van der Waals surface area (Å²) in [6.45, 7) is 1.77. The molecule has 1 aromatic heterocycles. The summed E-state index contributed by atoms with van der Waals surface area (Å²) in [6, 6.07) is 4.92. The van der Waals surface area contributed by atoms with Crippen LogP contribution in [0.4, 0.5) is 0 Å². The molecule has 0 atom stereocenters. The lowest BCUT2D eigenvalue weighted by atomic mass is 10.2. The van der Waals surface area contributed by atoms with Gasteiger partial charge in [-0.2, -0.15) is 5.26 Å². The summed E-state index contributed by atoms with van der Waals surface area (Å²) in [5.41, 5.74) is 0.891. The van der Waals surface area contributed by atoms with Crippen molar-refractivity contribution in [2.45, 2.75) is 6.92 Å². The molecule has 0 amide bonds. The van der Waals surface area contributed by atoms with Gasteiger partial charge in [-0.25, -0.2) is 0 Å². The van der Waals surface area contributed by atoms with Crippen LogP contribution in [0.1, 0.15) is 11.3 Å². The zero-order valence-corrected chi connectivity index (χ0v) is 5.51. The SMILES string of the molecule is Cc1cc(C#N)[nH]c(=O)c1. The fourth-order valence-corrected chi connectivity index (χ4v) is 0.741. The van der Waals surface area contributed by atoms with Crippen LogP contribution in [-0.4, -0.2) is 4.98 Å². The van der Waals surface area contributed by atoms with Crippen molar-refractivity contribution < 1.29 is 0 Å². The maximum atomic E-state index is 10.7. The first-order chi connectivity index (χ1) is 4.72. The van der Waals surface area contributed by atoms with Crippen LogP contribution >= 0.6 is 0 Å². The average molecular weight is 134 g/mol. The van der Waals surface area contributed by atoms with E-state index in [0.717, 1.165) is 5.56 Å². The Labute approximate surface area is 57.9 Å². The van der Waals surface area contributed by atoms with Crippen LogP contribution in [0.2, 0.25) is 0 Å². The predicted octanol–water partition coefficient (Wildman–Crippen LogP) is 0.555. The maximum Gasteiger partial charge on any atom is 0.249 e. The monoisotopic (exact) mass is 134 g/mol. The van der Waals surface area contributed by atoms with Crippen LogP contribution in [-0.2, 0) is 0 Å². The van der Waals surface area contributed by atoms with Gasteiger partial charge in [0.2, 0.25) is 5.56 Å². The van der Waals surface area contributed by atoms with Gasteiger partial charge in [0.1, 0.15) is 11.8 Å². The van der Waals surface area contributed by atoms with Crippen molar-refractivity contribution in [2.24, 2.45) is 0 Å². The number of aryl methyl sites for hydroxylation is 1. The number of nitrogens with zero attached hydrogens (tertiary/aromatic N) is 1. The molecule has 0 saturated heterocycles. The fraction of sp³-hybridized carbons (Fsp3) is 0.143. The Hall–Kier alpha value is -1.56. The number of pyridine rings is 1. The van der Waals surface area contributed by atoms with Gasteiger partial charge in [0.05, 0.1) is 0 Å². The summed E-state index contributed by atoms with van der Waals surface area (Å²) in [7, 11) is 0. The minimum absolute atomic E-state index is 0.225. The molecular weight excluding hydrogens is 128 g/mol. The normalized spacial score (nSPS) is 8.80. The summed E-state index contributed by atoms with van der Waals surface area (Å²) >= 11 is 0. The van der Waals surface area contributed by atoms with Gasteiger partial charge < -0.3 is 4.98 Å². The van der Waals surface area contributed by atoms with E-state index in [-0.39, 0.29) is 5.56 Å². The van der Waals surface area contributed by atoms with Gasteiger partial charge in [-0.1, -0.05) is 0 Å². The quantitative estimate of drug-likeness (QED) is 0.563. The third kappa shape index (κ3) is 1.23. The van der Waals surface area contributed by atoms with Crippen molar-refractivity contribution in [3.05, 3.63) is 33.7 Å². The molecule has 10 heavy (non-hydrogen) atoms. The van der Waals surface area contributed by atoms with Crippen molar-refractivity contribution in [3.8, 4) is 6.07 Å². The first-order valence-electron chi connectivity index (χ1n) is 2.83. The van der Waals surface area contributed by atoms with Gasteiger partial charge in [0.15, 0.2) is 0 Å². The Morgan fingerprint density at radius 2 is 2.30 bits per heavy atom. The maximum absolute atomic E-state index is 10.7. The van der Waals surface area contributed by atoms with Gasteiger partial charge in [0.25, 0.3) is 0 Å². The number of H-pyrrole nitrogens is 1. The molecule has 0 aliphatic carbocycles. The third-order valence-electron chi connectivity index (χ3n) is 1.11. The number of hydrogen-bond donors (Lipinski definition) is 1. The molecule has 0 unspecified atom stereocenters. The van der Waals surface area contributed by atoms with Crippen LogP contribution in [0, 0.1) is 18.3 Å². The van der Waals surface area contributed by atoms with E-state index >= 15 is 0 Å². The largest absolute Gasteiger partial charge is 0.314 e. The summed E-state index contributed by atoms with van der Waals surface area (Å²) in [4.78, 5) is 13.0. The standard InChI is InChI=1S/C7H6N2O/c1-5-2-6(4-8)9-7(10)3-5/h2-3H,1H3,(H,9,10). The van der Waals surface area contributed by atoms with Crippen molar-refractivity contribution in [2.75, 3.05) is 0 Å². The molecule has 1 heterocycles. The minimum Gasteiger partial charge on any atom is -0.314 e. The minimum atomic E-state index is -0.225. The zero-order valence-electron chi connectivity index (χ0n) is 5.51. The lowest BCUT2D eigenvalue weighted by Gasteiger charge is -1.89. The molecule has 1 rings (SSSR count). The van der Waals surface area contributed by atoms with E-state index in [2.05, 4.69) is 4.98 Å². The lowest BCUT2D eigenvalue weighted by Crippen LogP contribution is -2.05. The second-order valence-corrected chi connectivity index (χ2v) is 2.05. The molecule has 3 nitrogen and oxygen atoms in total. The number of nitrogens with one attached hydrogen (secondary N) is 1. The average Bonchev–Trinajstić information content (AvgIpc) is 1.85. The lowest BCUT2D eigenvalue weighted by molar-refractivity contribution is 1.17. The molecule has 0 aliphatic heterocycles. The van der Waals surface area contributed by atoms with Crippen LogP contribution in [0.5, 0.6) is 0 Å². The molecular formula is C7H6N2O. The van der Waals surface area contributed by atoms with Crippen molar-refractivity contribution >= 4 is 0 Å². The van der Waals surface area contributed by atoms with Crippen LogP contribution in [0.25, 0.3) is 0 Å². The van der Waals surface area contributed by atoms with E-state index in [4.69, 9.17) is 5.26 Å². The second-order valence-electron chi connectivity index (χ2n) is 2.05. The molecule has 0 spiro atoms. The van der Waals surface area contributed by atoms with Crippen molar-refractivity contribution in [3.63, 3.8) is 0 Å². The highest BCUT2D eigenvalue weighted by Gasteiger charge is 1.91. The summed E-state index contributed by atoms with van der Waals surface area (Å²) in [5.74, 6) is 0. The smallest absolute Gasteiger partial charge is 0.249 e. The Morgan fingerprint density at radius 1 is 1.60 bits per heavy atom. The van der Waals surface area contributed by atoms with Gasteiger partial charge in [-0.05, 0) is 18.6 Å². The van der Waals surface area contributed by atoms with E-state index in [1.165, 1.54) is 6.07 Å². The van der Waals surface area contributed by atoms with E-state index in [1.54, 1.807) is 13.0 Å². The molecule has 0 bridgehead atoms. The first-order valence-corrected chi connectivity index (χ1v) is 2.83. The fourth-order valence-electron chi connectivity index (χ4n) is 0.741. The number of rotatable bonds is 0. The number of aromatic amines is 1. The van der Waals surface area contributed by atoms with Crippen molar-refractivity contribution in [1.82, 2.24) is 4.98 Å². The molecule has 0 fully saturated rings. The van der Waals surface area contributed by atoms with Gasteiger partial charge in [-0.3, -0.25) is 4.79 Å². The molecule has 0 radical (unpaired) electrons. The Bertz CT molecular complexity index is 332. The number of aromatic nitrogens is 1. The Morgan fingerprint density at radius 3 is 2.80 bits per heavy atom. The summed E-state index contributed by atoms with van der Waals surface area (Å²) in [5, 5.41) is 8.37. The number of hydrogen-bond acceptors (Lipinski definition) is 2. The highest BCUT2D eigenvalue weighted by atomic mass is 16.1. The Balaban J connectivity index is 3.36. The third-order valence-corrected chi connectivity index (χ3v) is 1.11. The zero-order chi connectivity index (χ0) is 7.56. The van der Waals surface area contributed by atoms with Crippen LogP contribution in [0.3, 0.4) is 0 Å². The van der Waals surface area contributed by atoms with Gasteiger partial charge >= 0.3 is 0 Å². The van der Waals surface area contributed by atoms with Crippen LogP contribution in [0.15, 0.2) is 16.9 Å². The molecule has 1 N–H and O–H groups in total. The summed E-state index contributed by atoms with van der Waals surface area (Å²) < 4.78 is 0. The topological polar surface area (TPSA) is 56.6 Å². The summed E-state index contributed by atoms with van der Waals surface area (Å²) in [6.07, 6.45) is 0. The highest BCUT2D eigenvalue weighted by molar-refractivity contribution is 5.24. The molecule has 0 saturated carbocycles. The Kier molecular flexibility index (Phi) is 1.55. The number of nitriles is 1. The van der Waals surface area contributed by atoms with Gasteiger partial charge in [-0.15, -0.1) is 0 Å². The van der Waals surface area contributed by atoms with Crippen LogP contribution < -0.4 is 5.56 Å². The molecule has 0 aromatic carbocycles. The highest BCUT2D eigenvalue weighted by Crippen LogP contribution is 1.92. The van der Waals surface area contributed by atoms with E-state index in [9.17, 15) is 4.79 Å². The molecule has 50 valence electrons. The van der Waals surface area contributed by atoms with E-state index in [1.807, 2.05) is 6.07 Å². The van der Waals surface area contributed by atoms with E-state index < -0.39 is 0 Å². The molecule has 3 heteroatoms. The molecule has 0 aliphatic rings. The van der Waals surface area contributed by atoms with E-state index in [0.29, 0.717) is 5.69 Å².